The lowest BCUT2D eigenvalue weighted by atomic mass is 10.2. The fourth-order valence-electron chi connectivity index (χ4n) is 3.07. The van der Waals surface area contributed by atoms with Gasteiger partial charge in [-0.05, 0) is 37.1 Å². The second-order valence-corrected chi connectivity index (χ2v) is 9.31. The number of amides is 2. The minimum Gasteiger partial charge on any atom is -0.468 e. The fraction of sp³-hybridized carbons (Fsp3) is 0.368. The van der Waals surface area contributed by atoms with Crippen LogP contribution < -0.4 is 10.0 Å². The van der Waals surface area contributed by atoms with Crippen molar-refractivity contribution >= 4 is 45.0 Å². The molecule has 0 bridgehead atoms. The molecular formula is C19H21Cl2N3O5S. The molecular weight excluding hydrogens is 453 g/mol. The van der Waals surface area contributed by atoms with Crippen molar-refractivity contribution in [3.05, 3.63) is 51.9 Å². The molecule has 0 aliphatic carbocycles. The van der Waals surface area contributed by atoms with Gasteiger partial charge in [0.2, 0.25) is 15.9 Å². The topological polar surface area (TPSA) is 109 Å². The second-order valence-electron chi connectivity index (χ2n) is 6.76. The van der Waals surface area contributed by atoms with Crippen LogP contribution in [0.25, 0.3) is 0 Å². The molecule has 11 heteroatoms. The van der Waals surface area contributed by atoms with Crippen LogP contribution in [0.4, 0.5) is 0 Å². The molecule has 3 rings (SSSR count). The third-order valence-electron chi connectivity index (χ3n) is 4.63. The van der Waals surface area contributed by atoms with Crippen molar-refractivity contribution in [2.24, 2.45) is 0 Å². The summed E-state index contributed by atoms with van der Waals surface area (Å²) >= 11 is 12.2. The Hall–Kier alpha value is -2.07. The Morgan fingerprint density at radius 3 is 2.70 bits per heavy atom. The fourth-order valence-corrected chi connectivity index (χ4v) is 4.92. The minimum atomic E-state index is -4.01. The molecule has 162 valence electrons. The highest BCUT2D eigenvalue weighted by atomic mass is 35.5. The number of rotatable bonds is 9. The summed E-state index contributed by atoms with van der Waals surface area (Å²) in [6.45, 7) is 1.55. The maximum Gasteiger partial charge on any atom is 0.252 e. The van der Waals surface area contributed by atoms with Crippen LogP contribution in [-0.4, -0.2) is 44.8 Å². The van der Waals surface area contributed by atoms with Gasteiger partial charge in [0.1, 0.15) is 10.7 Å². The van der Waals surface area contributed by atoms with E-state index in [9.17, 15) is 18.0 Å². The Bertz CT molecular complexity index is 1030. The largest absolute Gasteiger partial charge is 0.468 e. The van der Waals surface area contributed by atoms with Crippen LogP contribution in [0.15, 0.2) is 39.8 Å². The number of hydrogen-bond donors (Lipinski definition) is 2. The van der Waals surface area contributed by atoms with E-state index in [1.54, 1.807) is 17.0 Å². The quantitative estimate of drug-likeness (QED) is 0.544. The van der Waals surface area contributed by atoms with Gasteiger partial charge in [-0.3, -0.25) is 9.59 Å². The predicted molar refractivity (Wildman–Crippen MR) is 112 cm³/mol. The van der Waals surface area contributed by atoms with Crippen LogP contribution in [0.1, 0.15) is 35.4 Å². The first-order valence-electron chi connectivity index (χ1n) is 9.35. The first kappa shape index (κ1) is 22.6. The first-order valence-corrected chi connectivity index (χ1v) is 11.6. The molecule has 1 saturated heterocycles. The highest BCUT2D eigenvalue weighted by molar-refractivity contribution is 7.89. The zero-order chi connectivity index (χ0) is 21.7. The second kappa shape index (κ2) is 9.82. The van der Waals surface area contributed by atoms with E-state index in [0.717, 1.165) is 19.0 Å². The SMILES string of the molecule is O=C(NCCCN1CCCC1=O)c1cc(S(=O)(=O)NCc2ccco2)c(Cl)cc1Cl. The number of nitrogens with one attached hydrogen (secondary N) is 2. The number of sulfonamides is 1. The van der Waals surface area contributed by atoms with E-state index in [1.807, 2.05) is 0 Å². The van der Waals surface area contributed by atoms with Crippen LogP contribution in [0.3, 0.4) is 0 Å². The molecule has 1 aliphatic heterocycles. The molecule has 8 nitrogen and oxygen atoms in total. The maximum absolute atomic E-state index is 12.6. The Kier molecular flexibility index (Phi) is 7.41. The molecule has 0 spiro atoms. The summed E-state index contributed by atoms with van der Waals surface area (Å²) in [5.41, 5.74) is -0.00307. The Morgan fingerprint density at radius 1 is 1.23 bits per heavy atom. The lowest BCUT2D eigenvalue weighted by Crippen LogP contribution is -2.31. The van der Waals surface area contributed by atoms with Gasteiger partial charge in [-0.1, -0.05) is 23.2 Å². The lowest BCUT2D eigenvalue weighted by molar-refractivity contribution is -0.127. The molecule has 0 atom stereocenters. The number of carbonyl (C=O) groups excluding carboxylic acids is 2. The van der Waals surface area contributed by atoms with Crippen LogP contribution in [0, 0.1) is 0 Å². The van der Waals surface area contributed by atoms with Crippen molar-refractivity contribution < 1.29 is 22.4 Å². The number of carbonyl (C=O) groups is 2. The van der Waals surface area contributed by atoms with E-state index in [2.05, 4.69) is 10.0 Å². The summed E-state index contributed by atoms with van der Waals surface area (Å²) in [5.74, 6) is 0.0315. The Morgan fingerprint density at radius 2 is 2.03 bits per heavy atom. The standard InChI is InChI=1S/C19H21Cl2N3O5S/c20-15-11-16(21)17(30(27,28)23-12-13-4-2-9-29-13)10-14(15)19(26)22-6-3-8-24-7-1-5-18(24)25/h2,4,9-11,23H,1,3,5-8,12H2,(H,22,26). The molecule has 0 unspecified atom stereocenters. The zero-order valence-corrected chi connectivity index (χ0v) is 18.3. The van der Waals surface area contributed by atoms with Gasteiger partial charge in [-0.2, -0.15) is 0 Å². The molecule has 1 fully saturated rings. The number of nitrogens with zero attached hydrogens (tertiary/aromatic N) is 1. The molecule has 2 aromatic rings. The lowest BCUT2D eigenvalue weighted by Gasteiger charge is -2.15. The van der Waals surface area contributed by atoms with Gasteiger partial charge in [0, 0.05) is 26.1 Å². The molecule has 0 saturated carbocycles. The van der Waals surface area contributed by atoms with Crippen molar-refractivity contribution in [2.45, 2.75) is 30.7 Å². The average Bonchev–Trinajstić information content (AvgIpc) is 3.35. The normalized spacial score (nSPS) is 14.3. The number of likely N-dealkylation sites (tertiary alicyclic amines) is 1. The third kappa shape index (κ3) is 5.54. The summed E-state index contributed by atoms with van der Waals surface area (Å²) in [6.07, 6.45) is 3.44. The van der Waals surface area contributed by atoms with Crippen molar-refractivity contribution in [3.63, 3.8) is 0 Å². The van der Waals surface area contributed by atoms with Crippen molar-refractivity contribution in [1.29, 1.82) is 0 Å². The number of halogens is 2. The molecule has 2 heterocycles. The molecule has 2 amide bonds. The highest BCUT2D eigenvalue weighted by Crippen LogP contribution is 2.29. The molecule has 1 aliphatic rings. The van der Waals surface area contributed by atoms with Crippen molar-refractivity contribution in [2.75, 3.05) is 19.6 Å². The van der Waals surface area contributed by atoms with Crippen LogP contribution in [-0.2, 0) is 21.4 Å². The first-order chi connectivity index (χ1) is 14.3. The van der Waals surface area contributed by atoms with Gasteiger partial charge in [-0.25, -0.2) is 13.1 Å². The summed E-state index contributed by atoms with van der Waals surface area (Å²) < 4.78 is 32.7. The van der Waals surface area contributed by atoms with E-state index in [1.165, 1.54) is 12.3 Å². The van der Waals surface area contributed by atoms with Gasteiger partial charge in [0.05, 0.1) is 28.4 Å². The third-order valence-corrected chi connectivity index (χ3v) is 6.81. The average molecular weight is 474 g/mol. The Labute approximate surface area is 184 Å². The van der Waals surface area contributed by atoms with Gasteiger partial charge in [0.25, 0.3) is 5.91 Å². The van der Waals surface area contributed by atoms with Crippen LogP contribution in [0.2, 0.25) is 10.0 Å². The van der Waals surface area contributed by atoms with E-state index in [4.69, 9.17) is 27.6 Å². The molecule has 1 aromatic heterocycles. The number of furan rings is 1. The molecule has 0 radical (unpaired) electrons. The smallest absolute Gasteiger partial charge is 0.252 e. The Balaban J connectivity index is 1.64. The maximum atomic E-state index is 12.6. The summed E-state index contributed by atoms with van der Waals surface area (Å²) in [7, 11) is -4.01. The van der Waals surface area contributed by atoms with Gasteiger partial charge in [0.15, 0.2) is 0 Å². The van der Waals surface area contributed by atoms with Gasteiger partial charge in [-0.15, -0.1) is 0 Å². The van der Waals surface area contributed by atoms with E-state index >= 15 is 0 Å². The predicted octanol–water partition coefficient (Wildman–Crippen LogP) is 2.81. The zero-order valence-electron chi connectivity index (χ0n) is 16.0. The van der Waals surface area contributed by atoms with E-state index in [-0.39, 0.29) is 33.0 Å². The van der Waals surface area contributed by atoms with Gasteiger partial charge < -0.3 is 14.6 Å². The summed E-state index contributed by atoms with van der Waals surface area (Å²) in [4.78, 5) is 25.6. The van der Waals surface area contributed by atoms with E-state index in [0.29, 0.717) is 31.7 Å². The van der Waals surface area contributed by atoms with Crippen LogP contribution in [0.5, 0.6) is 0 Å². The number of benzene rings is 1. The summed E-state index contributed by atoms with van der Waals surface area (Å²) in [5, 5.41) is 2.63. The van der Waals surface area contributed by atoms with Gasteiger partial charge >= 0.3 is 0 Å². The highest BCUT2D eigenvalue weighted by Gasteiger charge is 2.23. The number of hydrogen-bond acceptors (Lipinski definition) is 5. The van der Waals surface area contributed by atoms with E-state index < -0.39 is 15.9 Å². The van der Waals surface area contributed by atoms with Crippen LogP contribution >= 0.6 is 23.2 Å². The van der Waals surface area contributed by atoms with Crippen molar-refractivity contribution in [1.82, 2.24) is 14.9 Å². The molecule has 1 aromatic carbocycles. The summed E-state index contributed by atoms with van der Waals surface area (Å²) in [6, 6.07) is 5.64. The molecule has 30 heavy (non-hydrogen) atoms. The van der Waals surface area contributed by atoms with Crippen molar-refractivity contribution in [3.8, 4) is 0 Å². The monoisotopic (exact) mass is 473 g/mol. The minimum absolute atomic E-state index is 0.00307. The molecule has 2 N–H and O–H groups in total.